The van der Waals surface area contributed by atoms with Gasteiger partial charge in [-0.3, -0.25) is 4.90 Å². The molecule has 0 bridgehead atoms. The summed E-state index contributed by atoms with van der Waals surface area (Å²) in [4.78, 5) is 8.01. The summed E-state index contributed by atoms with van der Waals surface area (Å²) in [6, 6.07) is 9.96. The Kier molecular flexibility index (Phi) is 5.84. The second kappa shape index (κ2) is 8.07. The highest BCUT2D eigenvalue weighted by Crippen LogP contribution is 2.23. The minimum atomic E-state index is -0.269. The van der Waals surface area contributed by atoms with Crippen LogP contribution in [0.15, 0.2) is 41.8 Å². The Morgan fingerprint density at radius 2 is 1.96 bits per heavy atom. The zero-order valence-electron chi connectivity index (χ0n) is 13.0. The van der Waals surface area contributed by atoms with Crippen LogP contribution in [0, 0.1) is 5.82 Å². The highest BCUT2D eigenvalue weighted by atomic mass is 35.5. The van der Waals surface area contributed by atoms with Crippen LogP contribution in [0.5, 0.6) is 5.75 Å². The van der Waals surface area contributed by atoms with Crippen molar-refractivity contribution in [3.05, 3.63) is 67.5 Å². The normalized spacial score (nSPS) is 11.2. The molecule has 2 aromatic heterocycles. The minimum absolute atomic E-state index is 0.269. The molecule has 0 atom stereocenters. The number of halogens is 2. The van der Waals surface area contributed by atoms with Gasteiger partial charge < -0.3 is 4.74 Å². The Bertz CT molecular complexity index is 788. The molecule has 2 heterocycles. The lowest BCUT2D eigenvalue weighted by Crippen LogP contribution is -2.16. The highest BCUT2D eigenvalue weighted by molar-refractivity contribution is 7.16. The van der Waals surface area contributed by atoms with Crippen molar-refractivity contribution in [1.82, 2.24) is 9.88 Å². The maximum absolute atomic E-state index is 12.9. The van der Waals surface area contributed by atoms with Crippen LogP contribution in [0.2, 0.25) is 4.34 Å². The average molecular weight is 383 g/mol. The first kappa shape index (κ1) is 17.4. The molecule has 7 heteroatoms. The predicted octanol–water partition coefficient (Wildman–Crippen LogP) is 5.21. The van der Waals surface area contributed by atoms with Crippen molar-refractivity contribution in [3.8, 4) is 5.75 Å². The van der Waals surface area contributed by atoms with Crippen LogP contribution in [0.1, 0.15) is 15.6 Å². The summed E-state index contributed by atoms with van der Waals surface area (Å²) in [5.41, 5.74) is 1.02. The largest absolute Gasteiger partial charge is 0.486 e. The maximum atomic E-state index is 12.9. The molecule has 24 heavy (non-hydrogen) atoms. The lowest BCUT2D eigenvalue weighted by molar-refractivity contribution is 0.301. The van der Waals surface area contributed by atoms with E-state index in [9.17, 15) is 4.39 Å². The molecule has 0 aliphatic carbocycles. The van der Waals surface area contributed by atoms with Crippen LogP contribution < -0.4 is 4.74 Å². The van der Waals surface area contributed by atoms with Gasteiger partial charge in [0.15, 0.2) is 0 Å². The molecular formula is C17H16ClFN2OS2. The molecule has 0 fully saturated rings. The Labute approximate surface area is 153 Å². The Morgan fingerprint density at radius 3 is 2.67 bits per heavy atom. The standard InChI is InChI=1S/C17H16ClFN2OS2/c1-21(9-15-6-7-16(18)24-15)8-13-11-23-17(20-13)10-22-14-4-2-12(19)3-5-14/h2-7,11H,8-10H2,1H3. The minimum Gasteiger partial charge on any atom is -0.486 e. The predicted molar refractivity (Wildman–Crippen MR) is 97.3 cm³/mol. The lowest BCUT2D eigenvalue weighted by Gasteiger charge is -2.13. The van der Waals surface area contributed by atoms with Crippen molar-refractivity contribution in [1.29, 1.82) is 0 Å². The first-order chi connectivity index (χ1) is 11.6. The molecule has 0 spiro atoms. The zero-order valence-corrected chi connectivity index (χ0v) is 15.4. The topological polar surface area (TPSA) is 25.4 Å². The summed E-state index contributed by atoms with van der Waals surface area (Å²) in [5, 5.41) is 2.95. The molecule has 1 aromatic carbocycles. The van der Waals surface area contributed by atoms with E-state index in [4.69, 9.17) is 16.3 Å². The number of ether oxygens (including phenoxy) is 1. The first-order valence-electron chi connectivity index (χ1n) is 7.33. The van der Waals surface area contributed by atoms with E-state index in [1.807, 2.05) is 17.5 Å². The second-order valence-electron chi connectivity index (χ2n) is 5.35. The van der Waals surface area contributed by atoms with Crippen molar-refractivity contribution in [3.63, 3.8) is 0 Å². The van der Waals surface area contributed by atoms with Gasteiger partial charge in [0.25, 0.3) is 0 Å². The van der Waals surface area contributed by atoms with Gasteiger partial charge in [-0.15, -0.1) is 22.7 Å². The summed E-state index contributed by atoms with van der Waals surface area (Å²) in [6.07, 6.45) is 0. The molecule has 0 amide bonds. The van der Waals surface area contributed by atoms with Crippen LogP contribution in [-0.2, 0) is 19.7 Å². The summed E-state index contributed by atoms with van der Waals surface area (Å²) < 4.78 is 19.3. The van der Waals surface area contributed by atoms with Gasteiger partial charge in [-0.05, 0) is 43.4 Å². The number of aromatic nitrogens is 1. The number of hydrogen-bond acceptors (Lipinski definition) is 5. The van der Waals surface area contributed by atoms with Gasteiger partial charge in [0.05, 0.1) is 10.0 Å². The number of hydrogen-bond donors (Lipinski definition) is 0. The summed E-state index contributed by atoms with van der Waals surface area (Å²) in [7, 11) is 2.06. The van der Waals surface area contributed by atoms with E-state index in [2.05, 4.69) is 16.9 Å². The van der Waals surface area contributed by atoms with Gasteiger partial charge in [-0.25, -0.2) is 9.37 Å². The molecule has 0 N–H and O–H groups in total. The molecule has 3 nitrogen and oxygen atoms in total. The molecule has 3 aromatic rings. The van der Waals surface area contributed by atoms with E-state index >= 15 is 0 Å². The summed E-state index contributed by atoms with van der Waals surface area (Å²) in [6.45, 7) is 2.00. The number of thiophene rings is 1. The van der Waals surface area contributed by atoms with Crippen LogP contribution in [0.3, 0.4) is 0 Å². The molecule has 0 unspecified atom stereocenters. The fourth-order valence-electron chi connectivity index (χ4n) is 2.20. The SMILES string of the molecule is CN(Cc1csc(COc2ccc(F)cc2)n1)Cc1ccc(Cl)s1. The van der Waals surface area contributed by atoms with Crippen molar-refractivity contribution in [2.45, 2.75) is 19.7 Å². The van der Waals surface area contributed by atoms with Crippen LogP contribution in [-0.4, -0.2) is 16.9 Å². The number of nitrogens with zero attached hydrogens (tertiary/aromatic N) is 2. The highest BCUT2D eigenvalue weighted by Gasteiger charge is 2.08. The molecule has 0 aliphatic heterocycles. The van der Waals surface area contributed by atoms with E-state index in [-0.39, 0.29) is 5.82 Å². The third kappa shape index (κ3) is 5.01. The summed E-state index contributed by atoms with van der Waals surface area (Å²) in [5.74, 6) is 0.369. The van der Waals surface area contributed by atoms with Crippen molar-refractivity contribution >= 4 is 34.3 Å². The third-order valence-corrected chi connectivity index (χ3v) is 5.35. The van der Waals surface area contributed by atoms with Crippen molar-refractivity contribution < 1.29 is 9.13 Å². The Morgan fingerprint density at radius 1 is 1.17 bits per heavy atom. The van der Waals surface area contributed by atoms with Crippen LogP contribution in [0.4, 0.5) is 4.39 Å². The molecule has 0 aliphatic rings. The molecule has 0 saturated carbocycles. The molecule has 0 saturated heterocycles. The second-order valence-corrected chi connectivity index (χ2v) is 8.10. The summed E-state index contributed by atoms with van der Waals surface area (Å²) >= 11 is 9.12. The third-order valence-electron chi connectivity index (χ3n) is 3.26. The monoisotopic (exact) mass is 382 g/mol. The van der Waals surface area contributed by atoms with E-state index in [0.29, 0.717) is 12.4 Å². The Hall–Kier alpha value is -1.47. The Balaban J connectivity index is 1.50. The maximum Gasteiger partial charge on any atom is 0.140 e. The number of benzene rings is 1. The van der Waals surface area contributed by atoms with E-state index < -0.39 is 0 Å². The molecular weight excluding hydrogens is 367 g/mol. The van der Waals surface area contributed by atoms with Crippen LogP contribution >= 0.6 is 34.3 Å². The van der Waals surface area contributed by atoms with Gasteiger partial charge in [0.2, 0.25) is 0 Å². The van der Waals surface area contributed by atoms with E-state index in [1.165, 1.54) is 17.0 Å². The molecule has 3 rings (SSSR count). The number of rotatable bonds is 7. The van der Waals surface area contributed by atoms with Gasteiger partial charge >= 0.3 is 0 Å². The van der Waals surface area contributed by atoms with Gasteiger partial charge in [-0.1, -0.05) is 11.6 Å². The van der Waals surface area contributed by atoms with Gasteiger partial charge in [0, 0.05) is 23.3 Å². The lowest BCUT2D eigenvalue weighted by atomic mass is 10.3. The van der Waals surface area contributed by atoms with Crippen molar-refractivity contribution in [2.24, 2.45) is 0 Å². The fraction of sp³-hybridized carbons (Fsp3) is 0.235. The van der Waals surface area contributed by atoms with E-state index in [1.54, 1.807) is 34.8 Å². The van der Waals surface area contributed by atoms with Gasteiger partial charge in [0.1, 0.15) is 23.2 Å². The smallest absolute Gasteiger partial charge is 0.140 e. The fourth-order valence-corrected chi connectivity index (χ4v) is 4.06. The zero-order chi connectivity index (χ0) is 16.9. The first-order valence-corrected chi connectivity index (χ1v) is 9.40. The van der Waals surface area contributed by atoms with Gasteiger partial charge in [-0.2, -0.15) is 0 Å². The quantitative estimate of drug-likeness (QED) is 0.561. The van der Waals surface area contributed by atoms with Crippen LogP contribution in [0.25, 0.3) is 0 Å². The van der Waals surface area contributed by atoms with E-state index in [0.717, 1.165) is 28.1 Å². The average Bonchev–Trinajstić information content (AvgIpc) is 3.16. The molecule has 0 radical (unpaired) electrons. The number of thiazole rings is 1. The van der Waals surface area contributed by atoms with Crippen molar-refractivity contribution in [2.75, 3.05) is 7.05 Å². The molecule has 126 valence electrons.